The Kier molecular flexibility index (Phi) is 30.9. The number of ether oxygens (including phenoxy) is 1. The van der Waals surface area contributed by atoms with Gasteiger partial charge in [-0.15, -0.1) is 0 Å². The Balaban J connectivity index is 0.000000147. The Hall–Kier alpha value is -10.7. The second-order valence-electron chi connectivity index (χ2n) is 26.1. The van der Waals surface area contributed by atoms with Gasteiger partial charge in [-0.05, 0) is 171 Å². The van der Waals surface area contributed by atoms with E-state index in [0.717, 1.165) is 27.6 Å². The van der Waals surface area contributed by atoms with Gasteiger partial charge in [0.1, 0.15) is 23.3 Å². The predicted molar refractivity (Wildman–Crippen MR) is 467 cm³/mol. The molecule has 3 N–H and O–H groups in total. The van der Waals surface area contributed by atoms with Gasteiger partial charge in [0.05, 0.1) is 5.52 Å². The molecule has 0 aliphatic heterocycles. The first-order valence-electron chi connectivity index (χ1n) is 36.0. The molecule has 1 unspecified atom stereocenters. The van der Waals surface area contributed by atoms with E-state index in [1.807, 2.05) is 31.2 Å². The molecule has 0 radical (unpaired) electrons. The van der Waals surface area contributed by atoms with Crippen molar-refractivity contribution >= 4 is 130 Å². The zero-order valence-corrected chi connectivity index (χ0v) is 67.1. The molecule has 109 heavy (non-hydrogen) atoms. The van der Waals surface area contributed by atoms with Gasteiger partial charge in [-0.25, -0.2) is 9.78 Å². The fraction of sp³-hybridized carbons (Fsp3) is 0.0833. The summed E-state index contributed by atoms with van der Waals surface area (Å²) in [5.41, 5.74) is 9.10. The molecule has 2 heterocycles. The van der Waals surface area contributed by atoms with E-state index in [0.29, 0.717) is 5.82 Å². The summed E-state index contributed by atoms with van der Waals surface area (Å²) in [7, 11) is -0.267. The van der Waals surface area contributed by atoms with Crippen LogP contribution in [-0.4, -0.2) is 45.6 Å². The summed E-state index contributed by atoms with van der Waals surface area (Å²) in [5.74, 6) is 0.166. The number of carbonyl (C=O) groups excluding carboxylic acids is 2. The third-order valence-corrected chi connectivity index (χ3v) is 27.0. The Morgan fingerprint density at radius 2 is 0.642 bits per heavy atom. The maximum atomic E-state index is 12.8. The number of fused-ring (bicyclic) bond motifs is 1. The van der Waals surface area contributed by atoms with Crippen molar-refractivity contribution in [2.45, 2.75) is 46.3 Å². The van der Waals surface area contributed by atoms with Crippen LogP contribution in [0.2, 0.25) is 0 Å². The molecular weight excluding hydrogens is 1500 g/mol. The number of anilines is 2. The van der Waals surface area contributed by atoms with E-state index in [4.69, 9.17) is 10.5 Å². The van der Waals surface area contributed by atoms with Gasteiger partial charge in [0, 0.05) is 39.1 Å². The zero-order valence-electron chi connectivity index (χ0n) is 62.0. The van der Waals surface area contributed by atoms with Gasteiger partial charge in [-0.1, -0.05) is 376 Å². The zero-order chi connectivity index (χ0) is 75.3. The number of likely N-dealkylation sites (N-methyl/N-ethyl adjacent to an activating group) is 1. The molecule has 0 saturated heterocycles. The normalized spacial score (nSPS) is 11.0. The number of aryl methyl sites for hydroxylation is 1. The van der Waals surface area contributed by atoms with Gasteiger partial charge in [-0.2, -0.15) is 0 Å². The molecule has 8 nitrogen and oxygen atoms in total. The molecule has 15 aromatic rings. The maximum absolute atomic E-state index is 12.8. The largest absolute Gasteiger partial charge is 0.444 e. The van der Waals surface area contributed by atoms with Crippen molar-refractivity contribution in [1.82, 2.24) is 14.9 Å². The van der Waals surface area contributed by atoms with Gasteiger partial charge >= 0.3 is 6.09 Å². The molecule has 13 heteroatoms. The number of nitrogens with zero attached hydrogens (tertiary/aromatic N) is 3. The summed E-state index contributed by atoms with van der Waals surface area (Å²) in [6.07, 6.45) is 1.16. The quantitative estimate of drug-likeness (QED) is 0.0737. The third kappa shape index (κ3) is 23.4. The molecule has 546 valence electrons. The van der Waals surface area contributed by atoms with Crippen molar-refractivity contribution in [2.24, 2.45) is 0 Å². The molecule has 2 amide bonds. The molecule has 1 atom stereocenters. The van der Waals surface area contributed by atoms with Crippen LogP contribution in [0.1, 0.15) is 33.3 Å². The van der Waals surface area contributed by atoms with Gasteiger partial charge in [0.15, 0.2) is 0 Å². The van der Waals surface area contributed by atoms with E-state index in [9.17, 15) is 9.59 Å². The first kappa shape index (κ1) is 80.9. The van der Waals surface area contributed by atoms with Crippen LogP contribution in [0.5, 0.6) is 0 Å². The second kappa shape index (κ2) is 41.6. The van der Waals surface area contributed by atoms with Crippen molar-refractivity contribution in [3.05, 3.63) is 412 Å². The molecule has 0 saturated carbocycles. The first-order chi connectivity index (χ1) is 52.8. The van der Waals surface area contributed by atoms with Crippen LogP contribution in [-0.2, 0) is 30.0 Å². The number of carbonyl (C=O) groups is 2. The Bertz CT molecular complexity index is 4330. The number of aromatic nitrogens is 2. The summed E-state index contributed by atoms with van der Waals surface area (Å²) in [4.78, 5) is 35.0. The van der Waals surface area contributed by atoms with Gasteiger partial charge in [0.25, 0.3) is 0 Å². The molecule has 0 bridgehead atoms. The average molecular weight is 1590 g/mol. The van der Waals surface area contributed by atoms with Crippen LogP contribution in [0.15, 0.2) is 407 Å². The van der Waals surface area contributed by atoms with E-state index < -0.39 is 55.3 Å². The number of rotatable bonds is 16. The van der Waals surface area contributed by atoms with Crippen LogP contribution in [0.3, 0.4) is 0 Å². The number of hydrogen-bond acceptors (Lipinski definition) is 6. The van der Waals surface area contributed by atoms with E-state index in [1.165, 1.54) is 75.6 Å². The molecule has 0 fully saturated rings. The molecule has 0 aliphatic carbocycles. The van der Waals surface area contributed by atoms with Crippen LogP contribution < -0.4 is 74.7 Å². The van der Waals surface area contributed by atoms with Gasteiger partial charge in [0.2, 0.25) is 5.91 Å². The minimum absolute atomic E-state index is 0. The van der Waals surface area contributed by atoms with E-state index in [-0.39, 0.29) is 26.2 Å². The molecule has 2 aromatic heterocycles. The first-order valence-corrected chi connectivity index (χ1v) is 41.3. The Labute approximate surface area is 662 Å². The predicted octanol–water partition coefficient (Wildman–Crippen LogP) is 18.2. The van der Waals surface area contributed by atoms with Crippen molar-refractivity contribution in [3.8, 4) is 11.1 Å². The summed E-state index contributed by atoms with van der Waals surface area (Å²) in [6, 6.07) is 140. The number of pyridine rings is 2. The standard InChI is InChI=1S/C24H29N5O3.4C18H15P.Pd/c1-14-9-10-18-17(8-7-11-26-18)21(14)16-12-19(25)27-20(13-16)28-22(30)15(2)29(6)23(31)32-24(3,4)5;4*1-4-10-16(11-5-1)19(17-12-6-2-7-13-17)18-14-8-3-9-15-18;/h7-13,15H,1-6H3,(H3,25,27,28,30);4*1-15H;. The second-order valence-corrected chi connectivity index (χ2v) is 35.0. The van der Waals surface area contributed by atoms with E-state index in [1.54, 1.807) is 46.0 Å². The molecule has 0 spiro atoms. The van der Waals surface area contributed by atoms with Crippen LogP contribution >= 0.6 is 31.7 Å². The Morgan fingerprint density at radius 1 is 0.385 bits per heavy atom. The SMILES string of the molecule is Cc1ccc2ncccc2c1-c1cc(N)nc(NC(=O)C(C)N(C)C(=O)OC(C)(C)C)c1.[Pd].c1ccc(P(c2ccccc2)c2ccccc2)cc1.c1ccc(P(c2ccccc2)c2ccccc2)cc1.c1ccc(P(c2ccccc2)c2ccccc2)cc1.c1ccc(P(c2ccccc2)c2ccccc2)cc1. The van der Waals surface area contributed by atoms with Crippen LogP contribution in [0.4, 0.5) is 16.4 Å². The van der Waals surface area contributed by atoms with Crippen molar-refractivity contribution in [3.63, 3.8) is 0 Å². The molecule has 15 rings (SSSR count). The van der Waals surface area contributed by atoms with Crippen molar-refractivity contribution < 1.29 is 34.7 Å². The van der Waals surface area contributed by atoms with E-state index in [2.05, 4.69) is 379 Å². The Morgan fingerprint density at radius 3 is 0.890 bits per heavy atom. The maximum Gasteiger partial charge on any atom is 0.410 e. The minimum Gasteiger partial charge on any atom is -0.444 e. The number of benzene rings is 13. The number of nitrogen functional groups attached to an aromatic ring is 1. The summed E-state index contributed by atoms with van der Waals surface area (Å²) >= 11 is 0. The number of hydrogen-bond donors (Lipinski definition) is 2. The number of amides is 2. The summed E-state index contributed by atoms with van der Waals surface area (Å²) < 4.78 is 5.34. The fourth-order valence-corrected chi connectivity index (χ4v) is 21.2. The average Bonchev–Trinajstić information content (AvgIpc) is 0.777. The van der Waals surface area contributed by atoms with Gasteiger partial charge in [-0.3, -0.25) is 14.7 Å². The van der Waals surface area contributed by atoms with Crippen LogP contribution in [0, 0.1) is 6.92 Å². The summed E-state index contributed by atoms with van der Waals surface area (Å²) in [6.45, 7) is 8.94. The number of nitrogens with one attached hydrogen (secondary N) is 1. The van der Waals surface area contributed by atoms with Crippen LogP contribution in [0.25, 0.3) is 22.0 Å². The van der Waals surface area contributed by atoms with Crippen molar-refractivity contribution in [2.75, 3.05) is 18.1 Å². The van der Waals surface area contributed by atoms with E-state index >= 15 is 0 Å². The molecule has 13 aromatic carbocycles. The smallest absolute Gasteiger partial charge is 0.410 e. The molecular formula is C96H89N5O3P4Pd. The molecule has 0 aliphatic rings. The minimum atomic E-state index is -0.778. The van der Waals surface area contributed by atoms with Gasteiger partial charge < -0.3 is 15.8 Å². The summed E-state index contributed by atoms with van der Waals surface area (Å²) in [5, 5.41) is 20.5. The number of nitrogens with two attached hydrogens (primary N) is 1. The third-order valence-electron chi connectivity index (χ3n) is 17.2. The van der Waals surface area contributed by atoms with Crippen molar-refractivity contribution in [1.29, 1.82) is 0 Å². The fourth-order valence-electron chi connectivity index (χ4n) is 12.0. The topological polar surface area (TPSA) is 110 Å². The monoisotopic (exact) mass is 1590 g/mol.